The fourth-order valence-corrected chi connectivity index (χ4v) is 9.71. The summed E-state index contributed by atoms with van der Waals surface area (Å²) in [5.41, 5.74) is 0. The lowest BCUT2D eigenvalue weighted by Crippen LogP contribution is -2.65. The second kappa shape index (κ2) is 48.2. The number of carbonyl (C=O) groups excluding carboxylic acids is 1. The molecule has 0 aliphatic carbocycles. The van der Waals surface area contributed by atoms with Crippen LogP contribution in [0, 0.1) is 0 Å². The van der Waals surface area contributed by atoms with Crippen LogP contribution in [-0.4, -0.2) is 140 Å². The van der Waals surface area contributed by atoms with Gasteiger partial charge < -0.3 is 65.1 Å². The number of carbonyl (C=O) groups is 1. The van der Waals surface area contributed by atoms with E-state index in [1.807, 2.05) is 6.08 Å². The lowest BCUT2D eigenvalue weighted by molar-refractivity contribution is -0.359. The highest BCUT2D eigenvalue weighted by atomic mass is 16.7. The second-order valence-electron chi connectivity index (χ2n) is 21.4. The van der Waals surface area contributed by atoms with Crippen LogP contribution in [0.4, 0.5) is 0 Å². The Labute approximate surface area is 466 Å². The number of hydrogen-bond donors (Lipinski definition) is 9. The van der Waals surface area contributed by atoms with Crippen LogP contribution in [0.25, 0.3) is 0 Å². The molecule has 0 spiro atoms. The monoisotopic (exact) mass is 1090 g/mol. The third-order valence-corrected chi connectivity index (χ3v) is 14.6. The van der Waals surface area contributed by atoms with Crippen LogP contribution in [0.5, 0.6) is 0 Å². The fourth-order valence-electron chi connectivity index (χ4n) is 9.71. The summed E-state index contributed by atoms with van der Waals surface area (Å²) in [4.78, 5) is 13.2. The van der Waals surface area contributed by atoms with Crippen molar-refractivity contribution in [3.05, 3.63) is 72.9 Å². The Bertz CT molecular complexity index is 1570. The number of aliphatic hydroxyl groups is 8. The van der Waals surface area contributed by atoms with Gasteiger partial charge in [-0.2, -0.15) is 0 Å². The summed E-state index contributed by atoms with van der Waals surface area (Å²) in [6.07, 6.45) is 46.7. The number of allylic oxidation sites excluding steroid dienone is 11. The molecule has 9 N–H and O–H groups in total. The van der Waals surface area contributed by atoms with E-state index in [0.29, 0.717) is 12.8 Å². The molecule has 2 aliphatic heterocycles. The van der Waals surface area contributed by atoms with Gasteiger partial charge in [0.15, 0.2) is 12.6 Å². The topological polar surface area (TPSA) is 228 Å². The van der Waals surface area contributed by atoms with Crippen LogP contribution < -0.4 is 5.32 Å². The van der Waals surface area contributed by atoms with Gasteiger partial charge in [0.05, 0.1) is 32.0 Å². The van der Waals surface area contributed by atoms with Crippen LogP contribution >= 0.6 is 0 Å². The summed E-state index contributed by atoms with van der Waals surface area (Å²) in [5.74, 6) is -0.274. The summed E-state index contributed by atoms with van der Waals surface area (Å²) in [6, 6.07) is -0.949. The molecule has 12 atom stereocenters. The van der Waals surface area contributed by atoms with Crippen molar-refractivity contribution < 1.29 is 64.6 Å². The van der Waals surface area contributed by atoms with E-state index < -0.39 is 86.8 Å². The van der Waals surface area contributed by atoms with Gasteiger partial charge in [0.25, 0.3) is 0 Å². The molecule has 14 heteroatoms. The van der Waals surface area contributed by atoms with E-state index in [1.165, 1.54) is 128 Å². The molecule has 2 rings (SSSR count). The van der Waals surface area contributed by atoms with Crippen LogP contribution in [0.1, 0.15) is 226 Å². The quantitative estimate of drug-likeness (QED) is 0.0204. The van der Waals surface area contributed by atoms with Gasteiger partial charge in [0.2, 0.25) is 5.91 Å². The lowest BCUT2D eigenvalue weighted by atomic mass is 9.97. The smallest absolute Gasteiger partial charge is 0.220 e. The minimum atomic E-state index is -1.80. The number of amides is 1. The Morgan fingerprint density at radius 3 is 1.43 bits per heavy atom. The van der Waals surface area contributed by atoms with E-state index in [1.54, 1.807) is 6.08 Å². The minimum Gasteiger partial charge on any atom is -0.394 e. The molecule has 77 heavy (non-hydrogen) atoms. The summed E-state index contributed by atoms with van der Waals surface area (Å²) >= 11 is 0. The molecule has 0 aromatic carbocycles. The van der Waals surface area contributed by atoms with Crippen LogP contribution in [0.2, 0.25) is 0 Å². The zero-order valence-electron chi connectivity index (χ0n) is 47.9. The van der Waals surface area contributed by atoms with Gasteiger partial charge in [-0.3, -0.25) is 4.79 Å². The second-order valence-corrected chi connectivity index (χ2v) is 21.4. The molecule has 0 saturated carbocycles. The van der Waals surface area contributed by atoms with Crippen molar-refractivity contribution >= 4 is 5.91 Å². The maximum atomic E-state index is 13.2. The van der Waals surface area contributed by atoms with E-state index in [4.69, 9.17) is 18.9 Å². The first-order valence-electron chi connectivity index (χ1n) is 30.7. The highest BCUT2D eigenvalue weighted by Crippen LogP contribution is 2.30. The van der Waals surface area contributed by atoms with Gasteiger partial charge >= 0.3 is 0 Å². The highest BCUT2D eigenvalue weighted by molar-refractivity contribution is 5.76. The summed E-state index contributed by atoms with van der Waals surface area (Å²) in [6.45, 7) is 2.65. The van der Waals surface area contributed by atoms with Crippen LogP contribution in [-0.2, 0) is 23.7 Å². The molecule has 2 aliphatic rings. The van der Waals surface area contributed by atoms with E-state index >= 15 is 0 Å². The lowest BCUT2D eigenvalue weighted by Gasteiger charge is -2.46. The average molecular weight is 1090 g/mol. The number of nitrogens with one attached hydrogen (secondary N) is 1. The van der Waals surface area contributed by atoms with Crippen LogP contribution in [0.15, 0.2) is 72.9 Å². The van der Waals surface area contributed by atoms with Crippen molar-refractivity contribution in [1.82, 2.24) is 5.32 Å². The van der Waals surface area contributed by atoms with Crippen molar-refractivity contribution in [2.45, 2.75) is 299 Å². The number of ether oxygens (including phenoxy) is 4. The Hall–Kier alpha value is -2.57. The molecule has 2 saturated heterocycles. The number of rotatable bonds is 48. The molecule has 14 nitrogen and oxygen atoms in total. The molecule has 0 aromatic rings. The minimum absolute atomic E-state index is 0.242. The zero-order chi connectivity index (χ0) is 56.0. The number of aliphatic hydroxyl groups excluding tert-OH is 8. The molecule has 2 fully saturated rings. The number of unbranched alkanes of at least 4 members (excludes halogenated alkanes) is 25. The van der Waals surface area contributed by atoms with Gasteiger partial charge in [0, 0.05) is 6.42 Å². The molecule has 0 aromatic heterocycles. The van der Waals surface area contributed by atoms with Crippen molar-refractivity contribution in [2.24, 2.45) is 0 Å². The Kier molecular flexibility index (Phi) is 44.1. The molecule has 12 unspecified atom stereocenters. The largest absolute Gasteiger partial charge is 0.394 e. The maximum Gasteiger partial charge on any atom is 0.220 e. The Morgan fingerprint density at radius 1 is 0.481 bits per heavy atom. The Balaban J connectivity index is 1.77. The molecule has 2 heterocycles. The Morgan fingerprint density at radius 2 is 0.909 bits per heavy atom. The first-order chi connectivity index (χ1) is 37.6. The van der Waals surface area contributed by atoms with Gasteiger partial charge in [-0.15, -0.1) is 0 Å². The normalized spacial score (nSPS) is 25.2. The highest BCUT2D eigenvalue weighted by Gasteiger charge is 2.51. The van der Waals surface area contributed by atoms with Gasteiger partial charge in [-0.05, 0) is 70.6 Å². The van der Waals surface area contributed by atoms with E-state index in [9.17, 15) is 45.6 Å². The van der Waals surface area contributed by atoms with Crippen molar-refractivity contribution in [1.29, 1.82) is 0 Å². The predicted octanol–water partition coefficient (Wildman–Crippen LogP) is 10.7. The first-order valence-corrected chi connectivity index (χ1v) is 30.7. The molecule has 446 valence electrons. The first kappa shape index (κ1) is 70.5. The SMILES string of the molecule is CC/C=C\C/C=C\C/C=C\C/C=C\CCCCCCC(=O)NC(COC1OC(CO)C(OC2OC(CO)C(O)C(O)C2O)C(O)C1O)C(O)/C=C/CC/C=C/CCCCCCCCCCCCCCCCCCCCCC. The molecular formula is C63H111NO13. The average Bonchev–Trinajstić information content (AvgIpc) is 3.44. The predicted molar refractivity (Wildman–Crippen MR) is 309 cm³/mol. The molecular weight excluding hydrogens is 979 g/mol. The summed E-state index contributed by atoms with van der Waals surface area (Å²) in [5, 5.41) is 87.1. The number of hydrogen-bond acceptors (Lipinski definition) is 13. The molecule has 1 amide bonds. The van der Waals surface area contributed by atoms with Crippen molar-refractivity contribution in [2.75, 3.05) is 19.8 Å². The van der Waals surface area contributed by atoms with Gasteiger partial charge in [-0.25, -0.2) is 0 Å². The van der Waals surface area contributed by atoms with Crippen LogP contribution in [0.3, 0.4) is 0 Å². The third-order valence-electron chi connectivity index (χ3n) is 14.6. The fraction of sp³-hybridized carbons (Fsp3) is 0.794. The van der Waals surface area contributed by atoms with Gasteiger partial charge in [0.1, 0.15) is 48.8 Å². The van der Waals surface area contributed by atoms with E-state index in [0.717, 1.165) is 64.2 Å². The third kappa shape index (κ3) is 33.7. The molecule has 0 bridgehead atoms. The van der Waals surface area contributed by atoms with Gasteiger partial charge in [-0.1, -0.05) is 222 Å². The van der Waals surface area contributed by atoms with Crippen molar-refractivity contribution in [3.8, 4) is 0 Å². The zero-order valence-corrected chi connectivity index (χ0v) is 47.9. The van der Waals surface area contributed by atoms with Crippen molar-refractivity contribution in [3.63, 3.8) is 0 Å². The molecule has 0 radical (unpaired) electrons. The summed E-state index contributed by atoms with van der Waals surface area (Å²) < 4.78 is 22.7. The summed E-state index contributed by atoms with van der Waals surface area (Å²) in [7, 11) is 0. The van der Waals surface area contributed by atoms with E-state index in [2.05, 4.69) is 79.9 Å². The van der Waals surface area contributed by atoms with E-state index in [-0.39, 0.29) is 18.9 Å². The maximum absolute atomic E-state index is 13.2. The standard InChI is InChI=1S/C63H111NO13/c1-3-5-7-9-11-13-15-17-19-21-22-23-24-25-26-27-28-29-31-32-34-36-38-40-42-44-46-52(67)51(64-55(68)47-45-43-41-39-37-35-33-30-20-18-16-14-12-10-8-6-4-2)50-74-62-60(73)58(71)61(54(49-66)76-62)77-63-59(72)57(70)56(69)53(48-65)75-63/h6,8,12,14,18,20,33,35-36,38,44,46,51-54,56-63,65-67,69-73H,3-5,7,9-11,13,15-17,19,21-32,34,37,39-43,45,47-50H2,1-2H3,(H,64,68)/b8-6-,14-12-,20-18-,35-33-,38-36+,46-44+.